The number of hydrogen-bond acceptors (Lipinski definition) is 2. The summed E-state index contributed by atoms with van der Waals surface area (Å²) in [7, 11) is 0. The molecule has 88 valence electrons. The Hall–Kier alpha value is -0.00104. The van der Waals surface area contributed by atoms with E-state index in [0.29, 0.717) is 0 Å². The minimum absolute atomic E-state index is 0. The fraction of sp³-hybridized carbons (Fsp3) is 0. The number of nitrogens with zero attached hydrogens (tertiary/aromatic N) is 1. The molecule has 12 heavy (non-hydrogen) atoms. The Labute approximate surface area is 87.9 Å². The molecule has 0 unspecified atom stereocenters. The molecule has 0 saturated carbocycles. The molecule has 0 amide bonds. The Balaban J connectivity index is -0.00000000161. The molecule has 0 aromatic heterocycles. The van der Waals surface area contributed by atoms with Crippen molar-refractivity contribution in [2.45, 2.75) is 0 Å². The molecule has 0 spiro atoms. The van der Waals surface area contributed by atoms with E-state index in [-0.39, 0.29) is 67.0 Å². The van der Waals surface area contributed by atoms with Crippen LogP contribution in [0, 0.1) is 10.1 Å². The zero-order chi connectivity index (χ0) is 3.58. The van der Waals surface area contributed by atoms with Crippen LogP contribution in [0.5, 0.6) is 0 Å². The van der Waals surface area contributed by atoms with Crippen molar-refractivity contribution in [3.8, 4) is 0 Å². The predicted molar refractivity (Wildman–Crippen MR) is 30.5 cm³/mol. The summed E-state index contributed by atoms with van der Waals surface area (Å²) < 4.78 is 0. The third-order valence-corrected chi connectivity index (χ3v) is 0. The van der Waals surface area contributed by atoms with Crippen molar-refractivity contribution in [1.29, 1.82) is 0 Å². The van der Waals surface area contributed by atoms with Crippen LogP contribution in [0.15, 0.2) is 0 Å². The maximum atomic E-state index is 8.36. The van der Waals surface area contributed by atoms with E-state index in [1.807, 2.05) is 0 Å². The Kier molecular flexibility index (Phi) is 1640. The first-order valence-electron chi connectivity index (χ1n) is 0.565. The van der Waals surface area contributed by atoms with Gasteiger partial charge in [0.1, 0.15) is 0 Å². The second-order valence-corrected chi connectivity index (χ2v) is 0.238. The predicted octanol–water partition coefficient (Wildman–Crippen LogP) is -5.30. The second-order valence-electron chi connectivity index (χ2n) is 0.238. The Bertz CT molecular complexity index is 35.5. The Morgan fingerprint density at radius 1 is 0.833 bits per heavy atom. The van der Waals surface area contributed by atoms with Gasteiger partial charge < -0.3 is 38.1 Å². The third-order valence-electron chi connectivity index (χ3n) is 0. The van der Waals surface area contributed by atoms with E-state index in [2.05, 4.69) is 0 Å². The summed E-state index contributed by atoms with van der Waals surface area (Å²) in [4.78, 5) is 8.36. The molecule has 0 heterocycles. The standard InChI is InChI=1S/2Fe.HNO3.6H2O/c;;2-1(3)4;;;;;;/h;;(H,2,3,4);6*1H2. The van der Waals surface area contributed by atoms with Gasteiger partial charge in [0.05, 0.1) is 0 Å². The molecule has 0 bridgehead atoms. The van der Waals surface area contributed by atoms with Gasteiger partial charge in [0.25, 0.3) is 5.09 Å². The van der Waals surface area contributed by atoms with E-state index >= 15 is 0 Å². The van der Waals surface area contributed by atoms with Crippen LogP contribution in [0.4, 0.5) is 0 Å². The van der Waals surface area contributed by atoms with Gasteiger partial charge in [-0.2, -0.15) is 0 Å². The van der Waals surface area contributed by atoms with E-state index in [1.165, 1.54) is 0 Å². The Morgan fingerprint density at radius 3 is 0.833 bits per heavy atom. The smallest absolute Gasteiger partial charge is 0.291 e. The fourth-order valence-corrected chi connectivity index (χ4v) is 0. The monoisotopic (exact) mass is 283 g/mol. The average molecular weight is 283 g/mol. The molecule has 0 aliphatic heterocycles. The van der Waals surface area contributed by atoms with Crippen molar-refractivity contribution in [3.63, 3.8) is 0 Å². The van der Waals surface area contributed by atoms with Crippen LogP contribution in [0.2, 0.25) is 0 Å². The van der Waals surface area contributed by atoms with Crippen LogP contribution in [-0.4, -0.2) is 43.2 Å². The topological polar surface area (TPSA) is 252 Å². The molecule has 0 atom stereocenters. The van der Waals surface area contributed by atoms with Crippen LogP contribution in [0.3, 0.4) is 0 Å². The van der Waals surface area contributed by atoms with Gasteiger partial charge in [0, 0.05) is 34.1 Å². The summed E-state index contributed by atoms with van der Waals surface area (Å²) in [5, 5.41) is 13.6. The van der Waals surface area contributed by atoms with Crippen LogP contribution in [-0.2, 0) is 34.1 Å². The van der Waals surface area contributed by atoms with Gasteiger partial charge in [-0.05, 0) is 0 Å². The molecule has 13 N–H and O–H groups in total. The Morgan fingerprint density at radius 2 is 0.833 bits per heavy atom. The first kappa shape index (κ1) is 161. The van der Waals surface area contributed by atoms with Crippen molar-refractivity contribution in [2.75, 3.05) is 0 Å². The molecule has 10 nitrogen and oxygen atoms in total. The normalized spacial score (nSPS) is 2.00. The minimum Gasteiger partial charge on any atom is -0.412 e. The molecule has 0 aliphatic carbocycles. The molecule has 0 aromatic rings. The maximum Gasteiger partial charge on any atom is 0.291 e. The molecule has 0 fully saturated rings. The average Bonchev–Trinajstić information content (AvgIpc) is 0.811. The first-order valence-corrected chi connectivity index (χ1v) is 0.565. The number of hydrogen-bond donors (Lipinski definition) is 1. The van der Waals surface area contributed by atoms with Crippen molar-refractivity contribution in [1.82, 2.24) is 0 Å². The summed E-state index contributed by atoms with van der Waals surface area (Å²) >= 11 is 0. The molecule has 0 saturated heterocycles. The van der Waals surface area contributed by atoms with Crippen molar-refractivity contribution >= 4 is 0 Å². The third kappa shape index (κ3) is 750000000. The second kappa shape index (κ2) is 122. The van der Waals surface area contributed by atoms with Gasteiger partial charge in [-0.3, -0.25) is 0 Å². The van der Waals surface area contributed by atoms with Crippen LogP contribution < -0.4 is 0 Å². The van der Waals surface area contributed by atoms with E-state index < -0.39 is 5.09 Å². The van der Waals surface area contributed by atoms with Crippen molar-refractivity contribution < 1.29 is 77.3 Å². The van der Waals surface area contributed by atoms with Crippen LogP contribution >= 0.6 is 0 Å². The van der Waals surface area contributed by atoms with Crippen molar-refractivity contribution in [3.05, 3.63) is 10.1 Å². The van der Waals surface area contributed by atoms with E-state index in [0.717, 1.165) is 0 Å². The zero-order valence-corrected chi connectivity index (χ0v) is 7.63. The van der Waals surface area contributed by atoms with Gasteiger partial charge in [0.2, 0.25) is 0 Å². The van der Waals surface area contributed by atoms with E-state index in [4.69, 9.17) is 15.3 Å². The van der Waals surface area contributed by atoms with Gasteiger partial charge in [-0.25, -0.2) is 0 Å². The number of rotatable bonds is 0. The summed E-state index contributed by atoms with van der Waals surface area (Å²) in [5.74, 6) is 0. The fourth-order valence-electron chi connectivity index (χ4n) is 0. The van der Waals surface area contributed by atoms with Gasteiger partial charge >= 0.3 is 0 Å². The summed E-state index contributed by atoms with van der Waals surface area (Å²) in [6.07, 6.45) is 0. The molecule has 0 aromatic carbocycles. The molecular weight excluding hydrogens is 270 g/mol. The molecule has 0 rings (SSSR count). The quantitative estimate of drug-likeness (QED) is 0.259. The maximum absolute atomic E-state index is 8.36. The minimum atomic E-state index is -1.50. The molecular formula is H13Fe2NO9. The molecule has 0 aliphatic rings. The summed E-state index contributed by atoms with van der Waals surface area (Å²) in [6, 6.07) is 0. The molecule has 0 radical (unpaired) electrons. The summed E-state index contributed by atoms with van der Waals surface area (Å²) in [6.45, 7) is 0. The van der Waals surface area contributed by atoms with Crippen molar-refractivity contribution in [2.24, 2.45) is 0 Å². The van der Waals surface area contributed by atoms with Gasteiger partial charge in [-0.1, -0.05) is 0 Å². The SMILES string of the molecule is O.O.O.O.O.O.O=[N+]([O-])O.[Fe].[Fe]. The van der Waals surface area contributed by atoms with Crippen LogP contribution in [0.25, 0.3) is 0 Å². The zero-order valence-electron chi connectivity index (χ0n) is 5.42. The van der Waals surface area contributed by atoms with Crippen LogP contribution in [0.1, 0.15) is 0 Å². The summed E-state index contributed by atoms with van der Waals surface area (Å²) in [5.41, 5.74) is 0. The van der Waals surface area contributed by atoms with E-state index in [9.17, 15) is 0 Å². The van der Waals surface area contributed by atoms with Gasteiger partial charge in [-0.15, -0.1) is 10.1 Å². The van der Waals surface area contributed by atoms with E-state index in [1.54, 1.807) is 0 Å². The van der Waals surface area contributed by atoms with Gasteiger partial charge in [0.15, 0.2) is 0 Å². The first-order chi connectivity index (χ1) is 1.73. The largest absolute Gasteiger partial charge is 0.412 e. The molecule has 12 heteroatoms.